The third-order valence-electron chi connectivity index (χ3n) is 5.81. The van der Waals surface area contributed by atoms with Crippen molar-refractivity contribution in [2.75, 3.05) is 46.5 Å². The fraction of sp³-hybridized carbons (Fsp3) is 0.391. The molecule has 0 spiro atoms. The van der Waals surface area contributed by atoms with Gasteiger partial charge >= 0.3 is 0 Å². The van der Waals surface area contributed by atoms with Crippen LogP contribution < -0.4 is 4.74 Å². The Hall–Kier alpha value is -2.86. The van der Waals surface area contributed by atoms with Crippen LogP contribution in [0, 0.1) is 5.92 Å². The number of ether oxygens (including phenoxy) is 2. The van der Waals surface area contributed by atoms with Crippen LogP contribution in [0.2, 0.25) is 0 Å². The van der Waals surface area contributed by atoms with Crippen LogP contribution in [-0.2, 0) is 9.53 Å². The second-order valence-corrected chi connectivity index (χ2v) is 7.47. The smallest absolute Gasteiger partial charge is 0.253 e. The topological polar surface area (TPSA) is 59.1 Å². The molecule has 0 aromatic heterocycles. The number of nitrogens with zero attached hydrogens (tertiary/aromatic N) is 2. The Morgan fingerprint density at radius 3 is 2.34 bits per heavy atom. The number of amides is 2. The number of para-hydroxylation sites is 1. The summed E-state index contributed by atoms with van der Waals surface area (Å²) in [6, 6.07) is 17.0. The molecule has 0 N–H and O–H groups in total. The van der Waals surface area contributed by atoms with Crippen LogP contribution in [0.15, 0.2) is 54.6 Å². The maximum Gasteiger partial charge on any atom is 0.253 e. The number of likely N-dealkylation sites (tertiary alicyclic amines) is 1. The lowest BCUT2D eigenvalue weighted by molar-refractivity contribution is -0.139. The van der Waals surface area contributed by atoms with Crippen LogP contribution in [0.4, 0.5) is 0 Å². The Labute approximate surface area is 171 Å². The molecule has 152 valence electrons. The average molecular weight is 394 g/mol. The highest BCUT2D eigenvalue weighted by atomic mass is 16.5. The fourth-order valence-corrected chi connectivity index (χ4v) is 4.29. The molecule has 6 heteroatoms. The summed E-state index contributed by atoms with van der Waals surface area (Å²) < 4.78 is 11.0. The number of methoxy groups -OCH3 is 1. The summed E-state index contributed by atoms with van der Waals surface area (Å²) in [5, 5.41) is 0. The summed E-state index contributed by atoms with van der Waals surface area (Å²) in [6.45, 7) is 3.22. The minimum Gasteiger partial charge on any atom is -0.496 e. The van der Waals surface area contributed by atoms with E-state index in [9.17, 15) is 9.59 Å². The van der Waals surface area contributed by atoms with Crippen molar-refractivity contribution in [3.05, 3.63) is 65.7 Å². The van der Waals surface area contributed by atoms with Crippen molar-refractivity contribution < 1.29 is 19.1 Å². The normalized spacial score (nSPS) is 21.8. The standard InChI is InChI=1S/C23H26N2O4/c1-28-21-10-6-5-9-18(21)19-15-25(22(26)17-7-3-2-4-8-17)16-20(19)23(27)24-11-13-29-14-12-24/h2-10,19-20H,11-16H2,1H3. The highest BCUT2D eigenvalue weighted by molar-refractivity contribution is 5.95. The SMILES string of the molecule is COc1ccccc1C1CN(C(=O)c2ccccc2)CC1C(=O)N1CCOCC1. The van der Waals surface area contributed by atoms with Gasteiger partial charge in [-0.3, -0.25) is 9.59 Å². The van der Waals surface area contributed by atoms with Gasteiger partial charge in [-0.25, -0.2) is 0 Å². The summed E-state index contributed by atoms with van der Waals surface area (Å²) in [6.07, 6.45) is 0. The first-order valence-electron chi connectivity index (χ1n) is 10.0. The predicted molar refractivity (Wildman–Crippen MR) is 109 cm³/mol. The van der Waals surface area contributed by atoms with E-state index in [2.05, 4.69) is 0 Å². The zero-order valence-electron chi connectivity index (χ0n) is 16.6. The third kappa shape index (κ3) is 3.98. The first-order chi connectivity index (χ1) is 14.2. The van der Waals surface area contributed by atoms with Gasteiger partial charge in [0.1, 0.15) is 5.75 Å². The van der Waals surface area contributed by atoms with Gasteiger partial charge in [0.25, 0.3) is 5.91 Å². The molecule has 0 bridgehead atoms. The van der Waals surface area contributed by atoms with Crippen molar-refractivity contribution in [2.45, 2.75) is 5.92 Å². The van der Waals surface area contributed by atoms with Crippen LogP contribution in [-0.4, -0.2) is 68.1 Å². The van der Waals surface area contributed by atoms with E-state index in [1.807, 2.05) is 59.5 Å². The minimum atomic E-state index is -0.294. The Bertz CT molecular complexity index is 864. The van der Waals surface area contributed by atoms with Crippen molar-refractivity contribution in [2.24, 2.45) is 5.92 Å². The number of morpholine rings is 1. The molecule has 2 aliphatic rings. The van der Waals surface area contributed by atoms with E-state index in [0.29, 0.717) is 45.0 Å². The molecule has 2 fully saturated rings. The van der Waals surface area contributed by atoms with Crippen LogP contribution in [0.5, 0.6) is 5.75 Å². The van der Waals surface area contributed by atoms with Crippen molar-refractivity contribution in [1.29, 1.82) is 0 Å². The Morgan fingerprint density at radius 1 is 0.931 bits per heavy atom. The quantitative estimate of drug-likeness (QED) is 0.799. The number of carbonyl (C=O) groups excluding carboxylic acids is 2. The second-order valence-electron chi connectivity index (χ2n) is 7.47. The van der Waals surface area contributed by atoms with E-state index in [-0.39, 0.29) is 23.7 Å². The zero-order valence-corrected chi connectivity index (χ0v) is 16.6. The van der Waals surface area contributed by atoms with E-state index in [4.69, 9.17) is 9.47 Å². The summed E-state index contributed by atoms with van der Waals surface area (Å²) in [5.74, 6) is 0.410. The van der Waals surface area contributed by atoms with E-state index < -0.39 is 0 Å². The monoisotopic (exact) mass is 394 g/mol. The highest BCUT2D eigenvalue weighted by Gasteiger charge is 2.43. The first kappa shape index (κ1) is 19.5. The number of hydrogen-bond donors (Lipinski definition) is 0. The lowest BCUT2D eigenvalue weighted by Gasteiger charge is -2.31. The van der Waals surface area contributed by atoms with Gasteiger partial charge in [0, 0.05) is 37.7 Å². The molecule has 2 amide bonds. The molecule has 0 saturated carbocycles. The van der Waals surface area contributed by atoms with Crippen molar-refractivity contribution in [3.8, 4) is 5.75 Å². The second kappa shape index (κ2) is 8.66. The molecule has 2 aliphatic heterocycles. The summed E-state index contributed by atoms with van der Waals surface area (Å²) >= 11 is 0. The Balaban J connectivity index is 1.64. The molecule has 2 unspecified atom stereocenters. The van der Waals surface area contributed by atoms with E-state index in [1.165, 1.54) is 0 Å². The van der Waals surface area contributed by atoms with Crippen LogP contribution in [0.1, 0.15) is 21.8 Å². The van der Waals surface area contributed by atoms with E-state index in [1.54, 1.807) is 12.0 Å². The Morgan fingerprint density at radius 2 is 1.62 bits per heavy atom. The average Bonchev–Trinajstić information content (AvgIpc) is 3.24. The number of hydrogen-bond acceptors (Lipinski definition) is 4. The van der Waals surface area contributed by atoms with Gasteiger partial charge in [-0.15, -0.1) is 0 Å². The molecule has 6 nitrogen and oxygen atoms in total. The van der Waals surface area contributed by atoms with Crippen LogP contribution >= 0.6 is 0 Å². The van der Waals surface area contributed by atoms with Gasteiger partial charge in [0.15, 0.2) is 0 Å². The fourth-order valence-electron chi connectivity index (χ4n) is 4.29. The largest absolute Gasteiger partial charge is 0.496 e. The van der Waals surface area contributed by atoms with Gasteiger partial charge in [0.2, 0.25) is 5.91 Å². The first-order valence-corrected chi connectivity index (χ1v) is 10.0. The molecule has 2 heterocycles. The predicted octanol–water partition coefficient (Wildman–Crippen LogP) is 2.41. The molecular weight excluding hydrogens is 368 g/mol. The zero-order chi connectivity index (χ0) is 20.2. The minimum absolute atomic E-state index is 0.0391. The van der Waals surface area contributed by atoms with Gasteiger partial charge in [-0.1, -0.05) is 36.4 Å². The highest BCUT2D eigenvalue weighted by Crippen LogP contribution is 2.39. The number of benzene rings is 2. The molecule has 4 rings (SSSR count). The molecule has 0 radical (unpaired) electrons. The summed E-state index contributed by atoms with van der Waals surface area (Å²) in [4.78, 5) is 30.1. The Kier molecular flexibility index (Phi) is 5.81. The van der Waals surface area contributed by atoms with Gasteiger partial charge < -0.3 is 19.3 Å². The number of rotatable bonds is 4. The lowest BCUT2D eigenvalue weighted by atomic mass is 9.87. The molecule has 2 atom stereocenters. The third-order valence-corrected chi connectivity index (χ3v) is 5.81. The molecule has 2 aromatic rings. The maximum atomic E-state index is 13.4. The van der Waals surface area contributed by atoms with E-state index in [0.717, 1.165) is 11.3 Å². The van der Waals surface area contributed by atoms with Gasteiger partial charge in [-0.05, 0) is 23.8 Å². The number of carbonyl (C=O) groups is 2. The summed E-state index contributed by atoms with van der Waals surface area (Å²) in [7, 11) is 1.64. The van der Waals surface area contributed by atoms with Crippen molar-refractivity contribution in [3.63, 3.8) is 0 Å². The van der Waals surface area contributed by atoms with Crippen molar-refractivity contribution in [1.82, 2.24) is 9.80 Å². The van der Waals surface area contributed by atoms with E-state index >= 15 is 0 Å². The molecule has 2 aromatic carbocycles. The molecule has 2 saturated heterocycles. The summed E-state index contributed by atoms with van der Waals surface area (Å²) in [5.41, 5.74) is 1.62. The van der Waals surface area contributed by atoms with Crippen molar-refractivity contribution >= 4 is 11.8 Å². The molecule has 29 heavy (non-hydrogen) atoms. The van der Waals surface area contributed by atoms with Crippen LogP contribution in [0.3, 0.4) is 0 Å². The van der Waals surface area contributed by atoms with Crippen LogP contribution in [0.25, 0.3) is 0 Å². The lowest BCUT2D eigenvalue weighted by Crippen LogP contribution is -2.45. The molecule has 0 aliphatic carbocycles. The maximum absolute atomic E-state index is 13.4. The van der Waals surface area contributed by atoms with Gasteiger partial charge in [0.05, 0.1) is 26.2 Å². The van der Waals surface area contributed by atoms with Gasteiger partial charge in [-0.2, -0.15) is 0 Å². The molecular formula is C23H26N2O4.